The molecule has 0 aliphatic rings. The summed E-state index contributed by atoms with van der Waals surface area (Å²) in [6, 6.07) is 6.54. The quantitative estimate of drug-likeness (QED) is 0.830. The van der Waals surface area contributed by atoms with Crippen molar-refractivity contribution >= 4 is 34.0 Å². The molecular formula is C9H13ClN2O3S. The molecule has 0 saturated heterocycles. The number of carbonyl (C=O) groups excluding carboxylic acids is 1. The van der Waals surface area contributed by atoms with Crippen LogP contribution in [0.2, 0.25) is 0 Å². The Bertz CT molecular complexity index is 473. The fourth-order valence-electron chi connectivity index (χ4n) is 1.16. The first kappa shape index (κ1) is 14.7. The van der Waals surface area contributed by atoms with Crippen molar-refractivity contribution in [3.05, 3.63) is 29.8 Å². The third-order valence-electron chi connectivity index (χ3n) is 1.61. The van der Waals surface area contributed by atoms with Crippen LogP contribution in [0.3, 0.4) is 0 Å². The number of benzene rings is 1. The smallest absolute Gasteiger partial charge is 0.229 e. The molecule has 0 spiro atoms. The summed E-state index contributed by atoms with van der Waals surface area (Å²) in [4.78, 5) is 10.6. The lowest BCUT2D eigenvalue weighted by Gasteiger charge is -2.05. The number of sulfonamides is 1. The van der Waals surface area contributed by atoms with Gasteiger partial charge >= 0.3 is 0 Å². The van der Waals surface area contributed by atoms with E-state index in [0.29, 0.717) is 11.3 Å². The van der Waals surface area contributed by atoms with E-state index >= 15 is 0 Å². The number of hydrogen-bond donors (Lipinski definition) is 2. The molecule has 90 valence electrons. The first-order chi connectivity index (χ1) is 6.87. The number of nitrogens with two attached hydrogens (primary N) is 1. The van der Waals surface area contributed by atoms with Gasteiger partial charge in [-0.05, 0) is 17.7 Å². The Kier molecular flexibility index (Phi) is 5.26. The molecule has 1 amide bonds. The van der Waals surface area contributed by atoms with Crippen molar-refractivity contribution in [2.45, 2.75) is 6.42 Å². The zero-order chi connectivity index (χ0) is 11.5. The summed E-state index contributed by atoms with van der Waals surface area (Å²) < 4.78 is 24.2. The lowest BCUT2D eigenvalue weighted by molar-refractivity contribution is -0.117. The van der Waals surface area contributed by atoms with Gasteiger partial charge in [-0.15, -0.1) is 12.4 Å². The first-order valence-electron chi connectivity index (χ1n) is 4.22. The predicted molar refractivity (Wildman–Crippen MR) is 65.1 cm³/mol. The van der Waals surface area contributed by atoms with Gasteiger partial charge in [0.05, 0.1) is 12.7 Å². The normalized spacial score (nSPS) is 10.3. The van der Waals surface area contributed by atoms with E-state index < -0.39 is 15.9 Å². The summed E-state index contributed by atoms with van der Waals surface area (Å²) >= 11 is 0. The Balaban J connectivity index is 0.00000225. The molecule has 16 heavy (non-hydrogen) atoms. The third-order valence-corrected chi connectivity index (χ3v) is 2.22. The van der Waals surface area contributed by atoms with Gasteiger partial charge < -0.3 is 5.73 Å². The average Bonchev–Trinajstić information content (AvgIpc) is 1.99. The average molecular weight is 265 g/mol. The maximum atomic E-state index is 10.9. The molecule has 0 atom stereocenters. The summed E-state index contributed by atoms with van der Waals surface area (Å²) in [7, 11) is -3.29. The Morgan fingerprint density at radius 3 is 2.56 bits per heavy atom. The van der Waals surface area contributed by atoms with Crippen molar-refractivity contribution < 1.29 is 13.2 Å². The van der Waals surface area contributed by atoms with Crippen molar-refractivity contribution in [3.8, 4) is 0 Å². The summed E-state index contributed by atoms with van der Waals surface area (Å²) in [5, 5.41) is 0. The molecule has 0 aliphatic carbocycles. The molecule has 0 aromatic heterocycles. The lowest BCUT2D eigenvalue weighted by atomic mass is 10.1. The number of carbonyl (C=O) groups is 1. The zero-order valence-corrected chi connectivity index (χ0v) is 10.3. The highest BCUT2D eigenvalue weighted by atomic mass is 35.5. The fraction of sp³-hybridized carbons (Fsp3) is 0.222. The van der Waals surface area contributed by atoms with E-state index in [1.807, 2.05) is 0 Å². The van der Waals surface area contributed by atoms with Crippen LogP contribution in [0.25, 0.3) is 0 Å². The lowest BCUT2D eigenvalue weighted by Crippen LogP contribution is -2.14. The van der Waals surface area contributed by atoms with E-state index in [4.69, 9.17) is 5.73 Å². The van der Waals surface area contributed by atoms with E-state index in [9.17, 15) is 13.2 Å². The second-order valence-corrected chi connectivity index (χ2v) is 4.97. The predicted octanol–water partition coefficient (Wildman–Crippen LogP) is 0.508. The summed E-state index contributed by atoms with van der Waals surface area (Å²) in [6.07, 6.45) is 1.16. The van der Waals surface area contributed by atoms with Crippen LogP contribution in [0.1, 0.15) is 5.56 Å². The van der Waals surface area contributed by atoms with E-state index in [1.165, 1.54) is 0 Å². The molecule has 0 heterocycles. The largest absolute Gasteiger partial charge is 0.369 e. The van der Waals surface area contributed by atoms with Crippen LogP contribution in [0.5, 0.6) is 0 Å². The molecule has 1 aromatic rings. The van der Waals surface area contributed by atoms with Gasteiger partial charge in [0.2, 0.25) is 15.9 Å². The molecule has 0 unspecified atom stereocenters. The molecule has 3 N–H and O–H groups in total. The number of amides is 1. The summed E-state index contributed by atoms with van der Waals surface area (Å²) in [6.45, 7) is 0. The minimum absolute atomic E-state index is 0. The monoisotopic (exact) mass is 264 g/mol. The van der Waals surface area contributed by atoms with E-state index in [2.05, 4.69) is 4.72 Å². The summed E-state index contributed by atoms with van der Waals surface area (Å²) in [5.41, 5.74) is 6.13. The Hall–Kier alpha value is -1.27. The third kappa shape index (κ3) is 5.57. The maximum Gasteiger partial charge on any atom is 0.229 e. The molecule has 1 rings (SSSR count). The molecule has 0 aliphatic heterocycles. The van der Waals surface area contributed by atoms with Crippen LogP contribution in [0, 0.1) is 0 Å². The van der Waals surface area contributed by atoms with Crippen molar-refractivity contribution in [3.63, 3.8) is 0 Å². The second kappa shape index (κ2) is 5.72. The van der Waals surface area contributed by atoms with Crippen molar-refractivity contribution in [1.82, 2.24) is 0 Å². The summed E-state index contributed by atoms with van der Waals surface area (Å²) in [5.74, 6) is -0.452. The molecular weight excluding hydrogens is 252 g/mol. The maximum absolute atomic E-state index is 10.9. The molecule has 0 bridgehead atoms. The molecule has 5 nitrogen and oxygen atoms in total. The van der Waals surface area contributed by atoms with Crippen LogP contribution in [-0.2, 0) is 21.2 Å². The second-order valence-electron chi connectivity index (χ2n) is 3.22. The van der Waals surface area contributed by atoms with E-state index in [1.54, 1.807) is 24.3 Å². The highest BCUT2D eigenvalue weighted by molar-refractivity contribution is 7.92. The van der Waals surface area contributed by atoms with Crippen molar-refractivity contribution in [1.29, 1.82) is 0 Å². The number of halogens is 1. The number of anilines is 1. The van der Waals surface area contributed by atoms with Crippen LogP contribution in [0.4, 0.5) is 5.69 Å². The Labute approximate surface area is 100 Å². The number of hydrogen-bond acceptors (Lipinski definition) is 3. The number of nitrogens with one attached hydrogen (secondary N) is 1. The van der Waals surface area contributed by atoms with Crippen LogP contribution >= 0.6 is 12.4 Å². The zero-order valence-electron chi connectivity index (χ0n) is 8.64. The molecule has 1 aromatic carbocycles. The van der Waals surface area contributed by atoms with Crippen LogP contribution < -0.4 is 10.5 Å². The van der Waals surface area contributed by atoms with Crippen molar-refractivity contribution in [2.24, 2.45) is 5.73 Å². The van der Waals surface area contributed by atoms with Crippen LogP contribution in [-0.4, -0.2) is 20.6 Å². The van der Waals surface area contributed by atoms with Gasteiger partial charge in [-0.2, -0.15) is 0 Å². The minimum atomic E-state index is -3.29. The van der Waals surface area contributed by atoms with Gasteiger partial charge in [0.15, 0.2) is 0 Å². The van der Waals surface area contributed by atoms with E-state index in [-0.39, 0.29) is 18.8 Å². The van der Waals surface area contributed by atoms with Gasteiger partial charge in [-0.1, -0.05) is 12.1 Å². The highest BCUT2D eigenvalue weighted by Gasteiger charge is 2.03. The fourth-order valence-corrected chi connectivity index (χ4v) is 1.72. The molecule has 0 radical (unpaired) electrons. The van der Waals surface area contributed by atoms with Gasteiger partial charge in [-0.25, -0.2) is 8.42 Å². The van der Waals surface area contributed by atoms with E-state index in [0.717, 1.165) is 6.26 Å². The topological polar surface area (TPSA) is 89.3 Å². The van der Waals surface area contributed by atoms with Gasteiger partial charge in [-0.3, -0.25) is 9.52 Å². The first-order valence-corrected chi connectivity index (χ1v) is 6.11. The molecule has 7 heteroatoms. The minimum Gasteiger partial charge on any atom is -0.369 e. The van der Waals surface area contributed by atoms with Gasteiger partial charge in [0.25, 0.3) is 0 Å². The SMILES string of the molecule is CS(=O)(=O)Nc1cccc(CC(N)=O)c1.Cl. The van der Waals surface area contributed by atoms with Gasteiger partial charge in [0.1, 0.15) is 0 Å². The van der Waals surface area contributed by atoms with Gasteiger partial charge in [0, 0.05) is 5.69 Å². The standard InChI is InChI=1S/C9H12N2O3S.ClH/c1-15(13,14)11-8-4-2-3-7(5-8)6-9(10)12;/h2-5,11H,6H2,1H3,(H2,10,12);1H. The highest BCUT2D eigenvalue weighted by Crippen LogP contribution is 2.12. The number of primary amides is 1. The number of rotatable bonds is 4. The Morgan fingerprint density at radius 1 is 1.44 bits per heavy atom. The van der Waals surface area contributed by atoms with Crippen LogP contribution in [0.15, 0.2) is 24.3 Å². The van der Waals surface area contributed by atoms with Crippen molar-refractivity contribution in [2.75, 3.05) is 11.0 Å². The Morgan fingerprint density at radius 2 is 2.06 bits per heavy atom. The molecule has 0 fully saturated rings. The molecule has 0 saturated carbocycles.